The van der Waals surface area contributed by atoms with Crippen molar-refractivity contribution in [1.82, 2.24) is 0 Å². The van der Waals surface area contributed by atoms with Crippen LogP contribution in [0.2, 0.25) is 0 Å². The van der Waals surface area contributed by atoms with Crippen molar-refractivity contribution in [3.05, 3.63) is 11.1 Å². The van der Waals surface area contributed by atoms with Crippen LogP contribution in [-0.2, 0) is 0 Å². The largest absolute Gasteiger partial charge is 0.127 e. The average molecular weight is 270 g/mol. The van der Waals surface area contributed by atoms with E-state index in [1.165, 1.54) is 0 Å². The van der Waals surface area contributed by atoms with Crippen molar-refractivity contribution in [2.24, 2.45) is 0 Å². The smallest absolute Gasteiger partial charge is 0.122 e. The van der Waals surface area contributed by atoms with E-state index in [2.05, 4.69) is 0 Å². The third-order valence-electron chi connectivity index (χ3n) is 1.21. The van der Waals surface area contributed by atoms with E-state index in [-0.39, 0.29) is 5.88 Å². The normalized spacial score (nSPS) is 13.6. The van der Waals surface area contributed by atoms with Gasteiger partial charge in [-0.2, -0.15) is 0 Å². The van der Waals surface area contributed by atoms with E-state index in [0.717, 1.165) is 0 Å². The molecule has 0 radical (unpaired) electrons. The summed E-state index contributed by atoms with van der Waals surface area (Å²) in [5.74, 6) is 0.714. The highest BCUT2D eigenvalue weighted by Crippen LogP contribution is 2.31. The zero-order chi connectivity index (χ0) is 9.61. The summed E-state index contributed by atoms with van der Waals surface area (Å²) in [6.07, 6.45) is 2.70. The molecule has 0 aromatic heterocycles. The maximum Gasteiger partial charge on any atom is 0.122 e. The molecule has 72 valence electrons. The van der Waals surface area contributed by atoms with Crippen molar-refractivity contribution in [3.63, 3.8) is 0 Å². The molecule has 0 aliphatic heterocycles. The van der Waals surface area contributed by atoms with Gasteiger partial charge in [0.15, 0.2) is 0 Å². The van der Waals surface area contributed by atoms with Crippen LogP contribution in [0, 0.1) is 0 Å². The topological polar surface area (TPSA) is 0 Å². The van der Waals surface area contributed by atoms with E-state index in [1.54, 1.807) is 6.08 Å². The molecule has 0 saturated heterocycles. The van der Waals surface area contributed by atoms with Crippen molar-refractivity contribution in [2.45, 2.75) is 17.2 Å². The van der Waals surface area contributed by atoms with Crippen molar-refractivity contribution in [1.29, 1.82) is 0 Å². The molecule has 5 heteroatoms. The molecule has 0 N–H and O–H groups in total. The zero-order valence-corrected chi connectivity index (χ0v) is 10.1. The van der Waals surface area contributed by atoms with Gasteiger partial charge in [0.2, 0.25) is 0 Å². The molecule has 0 atom stereocenters. The van der Waals surface area contributed by atoms with E-state index in [1.807, 2.05) is 0 Å². The Labute approximate surface area is 97.8 Å². The number of hydrogen-bond donors (Lipinski definition) is 0. The van der Waals surface area contributed by atoms with Gasteiger partial charge in [0.05, 0.1) is 5.88 Å². The standard InChI is InChI=1S/C7H9Cl5/c8-4-3-7(11,12)2-1-6(10)5-9/h1H,2-5H2. The van der Waals surface area contributed by atoms with Crippen LogP contribution in [0.4, 0.5) is 0 Å². The quantitative estimate of drug-likeness (QED) is 0.643. The molecule has 0 aromatic rings. The Bertz CT molecular complexity index is 152. The summed E-state index contributed by atoms with van der Waals surface area (Å²) in [6, 6.07) is 0. The fourth-order valence-electron chi connectivity index (χ4n) is 0.555. The molecule has 0 bridgehead atoms. The van der Waals surface area contributed by atoms with Gasteiger partial charge in [0, 0.05) is 10.9 Å². The highest BCUT2D eigenvalue weighted by Gasteiger charge is 2.21. The lowest BCUT2D eigenvalue weighted by atomic mass is 10.2. The van der Waals surface area contributed by atoms with Crippen LogP contribution < -0.4 is 0 Å². The lowest BCUT2D eigenvalue weighted by Crippen LogP contribution is -2.11. The van der Waals surface area contributed by atoms with Crippen molar-refractivity contribution in [3.8, 4) is 0 Å². The van der Waals surface area contributed by atoms with Gasteiger partial charge in [-0.3, -0.25) is 0 Å². The van der Waals surface area contributed by atoms with Gasteiger partial charge >= 0.3 is 0 Å². The Hall–Kier alpha value is 1.19. The summed E-state index contributed by atoms with van der Waals surface area (Å²) >= 11 is 28.3. The highest BCUT2D eigenvalue weighted by atomic mass is 35.5. The van der Waals surface area contributed by atoms with E-state index in [9.17, 15) is 0 Å². The van der Waals surface area contributed by atoms with Crippen LogP contribution in [0.5, 0.6) is 0 Å². The van der Waals surface area contributed by atoms with Crippen LogP contribution in [0.15, 0.2) is 11.1 Å². The number of alkyl halides is 4. The molecule has 0 unspecified atom stereocenters. The van der Waals surface area contributed by atoms with Crippen LogP contribution in [0.1, 0.15) is 12.8 Å². The lowest BCUT2D eigenvalue weighted by Gasteiger charge is -2.15. The monoisotopic (exact) mass is 268 g/mol. The Morgan fingerprint density at radius 1 is 1.25 bits per heavy atom. The molecule has 0 aromatic carbocycles. The molecule has 0 fully saturated rings. The van der Waals surface area contributed by atoms with Gasteiger partial charge in [0.1, 0.15) is 4.33 Å². The Morgan fingerprint density at radius 2 is 1.83 bits per heavy atom. The fourth-order valence-corrected chi connectivity index (χ4v) is 1.60. The highest BCUT2D eigenvalue weighted by molar-refractivity contribution is 6.48. The summed E-state index contributed by atoms with van der Waals surface area (Å²) < 4.78 is -0.825. The Balaban J connectivity index is 3.89. The maximum absolute atomic E-state index is 5.87. The van der Waals surface area contributed by atoms with Crippen molar-refractivity contribution < 1.29 is 0 Å². The minimum absolute atomic E-state index is 0.284. The molecule has 0 rings (SSSR count). The van der Waals surface area contributed by atoms with Gasteiger partial charge < -0.3 is 0 Å². The van der Waals surface area contributed by atoms with E-state index in [4.69, 9.17) is 58.0 Å². The molecule has 0 aliphatic carbocycles. The predicted molar refractivity (Wildman–Crippen MR) is 59.0 cm³/mol. The summed E-state index contributed by atoms with van der Waals surface area (Å²) in [4.78, 5) is 0. The number of rotatable bonds is 5. The predicted octanol–water partition coefficient (Wildman–Crippen LogP) is 4.54. The lowest BCUT2D eigenvalue weighted by molar-refractivity contribution is 0.758. The summed E-state index contributed by atoms with van der Waals surface area (Å²) in [7, 11) is 0. The Kier molecular flexibility index (Phi) is 7.27. The first-order valence-corrected chi connectivity index (χ1v) is 5.56. The average Bonchev–Trinajstić information content (AvgIpc) is 2.00. The molecule has 0 spiro atoms. The first-order valence-electron chi connectivity index (χ1n) is 3.36. The summed E-state index contributed by atoms with van der Waals surface area (Å²) in [5.41, 5.74) is 0. The zero-order valence-electron chi connectivity index (χ0n) is 6.30. The Morgan fingerprint density at radius 3 is 2.25 bits per heavy atom. The molecule has 0 nitrogen and oxygen atoms in total. The van der Waals surface area contributed by atoms with Crippen molar-refractivity contribution >= 4 is 58.0 Å². The minimum atomic E-state index is -0.825. The number of hydrogen-bond acceptors (Lipinski definition) is 0. The maximum atomic E-state index is 5.87. The molecular weight excluding hydrogens is 261 g/mol. The summed E-state index contributed by atoms with van der Waals surface area (Å²) in [6.45, 7) is 0. The van der Waals surface area contributed by atoms with E-state index < -0.39 is 4.33 Å². The van der Waals surface area contributed by atoms with Gasteiger partial charge in [-0.1, -0.05) is 17.7 Å². The summed E-state index contributed by atoms with van der Waals surface area (Å²) in [5, 5.41) is 0.553. The van der Waals surface area contributed by atoms with E-state index in [0.29, 0.717) is 23.8 Å². The SMILES string of the molecule is ClCCC(Cl)(Cl)CC=C(Cl)CCl. The molecule has 12 heavy (non-hydrogen) atoms. The van der Waals surface area contributed by atoms with E-state index >= 15 is 0 Å². The second-order valence-corrected chi connectivity index (χ2v) is 5.05. The second-order valence-electron chi connectivity index (χ2n) is 2.28. The molecule has 0 heterocycles. The number of allylic oxidation sites excluding steroid dienone is 2. The minimum Gasteiger partial charge on any atom is -0.127 e. The van der Waals surface area contributed by atoms with Crippen LogP contribution in [-0.4, -0.2) is 16.1 Å². The second kappa shape index (κ2) is 6.62. The number of halogens is 5. The van der Waals surface area contributed by atoms with Crippen molar-refractivity contribution in [2.75, 3.05) is 11.8 Å². The van der Waals surface area contributed by atoms with Crippen LogP contribution in [0.25, 0.3) is 0 Å². The van der Waals surface area contributed by atoms with Gasteiger partial charge in [-0.15, -0.1) is 46.4 Å². The van der Waals surface area contributed by atoms with Gasteiger partial charge in [-0.25, -0.2) is 0 Å². The molecule has 0 amide bonds. The fraction of sp³-hybridized carbons (Fsp3) is 0.714. The van der Waals surface area contributed by atoms with Gasteiger partial charge in [-0.05, 0) is 12.8 Å². The first-order chi connectivity index (χ1) is 5.52. The van der Waals surface area contributed by atoms with Crippen LogP contribution >= 0.6 is 58.0 Å². The van der Waals surface area contributed by atoms with Crippen LogP contribution in [0.3, 0.4) is 0 Å². The third-order valence-corrected chi connectivity index (χ3v) is 2.80. The van der Waals surface area contributed by atoms with Gasteiger partial charge in [0.25, 0.3) is 0 Å². The third kappa shape index (κ3) is 6.68. The molecule has 0 saturated carbocycles. The first kappa shape index (κ1) is 13.2. The molecular formula is C7H9Cl5. The molecule has 0 aliphatic rings.